The summed E-state index contributed by atoms with van der Waals surface area (Å²) in [6, 6.07) is 12.3. The normalized spacial score (nSPS) is 12.4. The smallest absolute Gasteiger partial charge is 0.0761 e. The Morgan fingerprint density at radius 1 is 1.24 bits per heavy atom. The first-order valence-electron chi connectivity index (χ1n) is 5.68. The Morgan fingerprint density at radius 2 is 1.94 bits per heavy atom. The second-order valence-electron chi connectivity index (χ2n) is 4.20. The molecule has 0 fully saturated rings. The summed E-state index contributed by atoms with van der Waals surface area (Å²) in [5.41, 5.74) is 2.13. The van der Waals surface area contributed by atoms with Gasteiger partial charge in [-0.05, 0) is 36.1 Å². The minimum Gasteiger partial charge on any atom is -0.389 e. The van der Waals surface area contributed by atoms with Gasteiger partial charge in [-0.2, -0.15) is 0 Å². The molecule has 2 nitrogen and oxygen atoms in total. The highest BCUT2D eigenvalue weighted by Gasteiger charge is 2.04. The molecule has 1 aromatic carbocycles. The summed E-state index contributed by atoms with van der Waals surface area (Å²) in [6.45, 7) is 2.70. The predicted octanol–water partition coefficient (Wildman–Crippen LogP) is 3.44. The van der Waals surface area contributed by atoms with E-state index in [1.807, 2.05) is 12.1 Å². The molecule has 0 unspecified atom stereocenters. The number of thiophene rings is 1. The highest BCUT2D eigenvalue weighted by Crippen LogP contribution is 2.20. The second kappa shape index (κ2) is 5.34. The lowest BCUT2D eigenvalue weighted by Gasteiger charge is -2.19. The highest BCUT2D eigenvalue weighted by atomic mass is 32.1. The van der Waals surface area contributed by atoms with Crippen molar-refractivity contribution in [3.8, 4) is 0 Å². The molecule has 0 spiro atoms. The molecule has 90 valence electrons. The molecule has 0 aliphatic carbocycles. The lowest BCUT2D eigenvalue weighted by atomic mass is 10.1. The van der Waals surface area contributed by atoms with Gasteiger partial charge in [-0.15, -0.1) is 11.3 Å². The molecular formula is C14H17NOS. The molecular weight excluding hydrogens is 230 g/mol. The van der Waals surface area contributed by atoms with E-state index in [1.165, 1.54) is 10.6 Å². The molecule has 1 heterocycles. The third kappa shape index (κ3) is 3.08. The van der Waals surface area contributed by atoms with Crippen LogP contribution in [0.25, 0.3) is 0 Å². The van der Waals surface area contributed by atoms with Crippen LogP contribution in [0.4, 0.5) is 5.69 Å². The maximum atomic E-state index is 9.45. The zero-order valence-corrected chi connectivity index (χ0v) is 10.9. The van der Waals surface area contributed by atoms with Crippen molar-refractivity contribution in [1.82, 2.24) is 0 Å². The highest BCUT2D eigenvalue weighted by molar-refractivity contribution is 7.09. The van der Waals surface area contributed by atoms with Gasteiger partial charge >= 0.3 is 0 Å². The standard InChI is InChI=1S/C14H17NOS/c1-11(16)12-5-7-13(8-6-12)15(2)10-14-4-3-9-17-14/h3-9,11,16H,10H2,1-2H3/t11-/m1/s1. The van der Waals surface area contributed by atoms with Crippen molar-refractivity contribution >= 4 is 17.0 Å². The van der Waals surface area contributed by atoms with Gasteiger partial charge in [-0.1, -0.05) is 18.2 Å². The van der Waals surface area contributed by atoms with Crippen LogP contribution < -0.4 is 4.90 Å². The van der Waals surface area contributed by atoms with Crippen LogP contribution in [-0.2, 0) is 6.54 Å². The van der Waals surface area contributed by atoms with E-state index in [0.29, 0.717) is 0 Å². The van der Waals surface area contributed by atoms with Crippen molar-refractivity contribution in [3.63, 3.8) is 0 Å². The van der Waals surface area contributed by atoms with Crippen LogP contribution in [0.5, 0.6) is 0 Å². The number of benzene rings is 1. The Morgan fingerprint density at radius 3 is 2.47 bits per heavy atom. The van der Waals surface area contributed by atoms with E-state index in [-0.39, 0.29) is 0 Å². The van der Waals surface area contributed by atoms with Crippen LogP contribution in [0.1, 0.15) is 23.5 Å². The van der Waals surface area contributed by atoms with Gasteiger partial charge in [0.25, 0.3) is 0 Å². The van der Waals surface area contributed by atoms with Gasteiger partial charge in [0.15, 0.2) is 0 Å². The third-order valence-electron chi connectivity index (χ3n) is 2.79. The van der Waals surface area contributed by atoms with Crippen LogP contribution in [0.15, 0.2) is 41.8 Å². The van der Waals surface area contributed by atoms with Crippen molar-refractivity contribution < 1.29 is 5.11 Å². The van der Waals surface area contributed by atoms with Gasteiger partial charge < -0.3 is 10.0 Å². The van der Waals surface area contributed by atoms with Gasteiger partial charge in [0.1, 0.15) is 0 Å². The summed E-state index contributed by atoms with van der Waals surface area (Å²) in [5, 5.41) is 11.5. The number of anilines is 1. The van der Waals surface area contributed by atoms with Crippen molar-refractivity contribution in [2.75, 3.05) is 11.9 Å². The van der Waals surface area contributed by atoms with Gasteiger partial charge in [-0.25, -0.2) is 0 Å². The summed E-state index contributed by atoms with van der Waals surface area (Å²) < 4.78 is 0. The monoisotopic (exact) mass is 247 g/mol. The number of aliphatic hydroxyl groups is 1. The van der Waals surface area contributed by atoms with E-state index in [9.17, 15) is 5.11 Å². The number of aliphatic hydroxyl groups excluding tert-OH is 1. The zero-order chi connectivity index (χ0) is 12.3. The van der Waals surface area contributed by atoms with Crippen molar-refractivity contribution in [3.05, 3.63) is 52.2 Å². The van der Waals surface area contributed by atoms with E-state index < -0.39 is 6.10 Å². The van der Waals surface area contributed by atoms with Crippen molar-refractivity contribution in [1.29, 1.82) is 0 Å². The molecule has 17 heavy (non-hydrogen) atoms. The quantitative estimate of drug-likeness (QED) is 0.894. The fraction of sp³-hybridized carbons (Fsp3) is 0.286. The number of hydrogen-bond donors (Lipinski definition) is 1. The SMILES string of the molecule is C[C@@H](O)c1ccc(N(C)Cc2cccs2)cc1. The Bertz CT molecular complexity index is 448. The van der Waals surface area contributed by atoms with Crippen molar-refractivity contribution in [2.24, 2.45) is 0 Å². The van der Waals surface area contributed by atoms with Crippen LogP contribution in [0.3, 0.4) is 0 Å². The molecule has 1 aromatic heterocycles. The molecule has 0 amide bonds. The second-order valence-corrected chi connectivity index (χ2v) is 5.24. The Hall–Kier alpha value is -1.32. The fourth-order valence-corrected chi connectivity index (χ4v) is 2.49. The van der Waals surface area contributed by atoms with E-state index in [1.54, 1.807) is 18.3 Å². The molecule has 2 rings (SSSR count). The summed E-state index contributed by atoms with van der Waals surface area (Å²) in [7, 11) is 2.08. The van der Waals surface area contributed by atoms with Gasteiger partial charge in [0.05, 0.1) is 12.6 Å². The molecule has 0 radical (unpaired) electrons. The van der Waals surface area contributed by atoms with Crippen LogP contribution in [0.2, 0.25) is 0 Å². The fourth-order valence-electron chi connectivity index (χ4n) is 1.73. The number of nitrogens with zero attached hydrogens (tertiary/aromatic N) is 1. The molecule has 0 saturated carbocycles. The van der Waals surface area contributed by atoms with E-state index in [0.717, 1.165) is 12.1 Å². The van der Waals surface area contributed by atoms with Crippen LogP contribution in [-0.4, -0.2) is 12.2 Å². The van der Waals surface area contributed by atoms with E-state index in [2.05, 4.69) is 41.6 Å². The Balaban J connectivity index is 2.06. The molecule has 2 aromatic rings. The number of rotatable bonds is 4. The average molecular weight is 247 g/mol. The zero-order valence-electron chi connectivity index (χ0n) is 10.1. The van der Waals surface area contributed by atoms with Gasteiger partial charge in [-0.3, -0.25) is 0 Å². The molecule has 0 bridgehead atoms. The average Bonchev–Trinajstić information content (AvgIpc) is 2.82. The first-order valence-corrected chi connectivity index (χ1v) is 6.56. The third-order valence-corrected chi connectivity index (χ3v) is 3.65. The minimum absolute atomic E-state index is 0.397. The summed E-state index contributed by atoms with van der Waals surface area (Å²) in [6.07, 6.45) is -0.397. The number of hydrogen-bond acceptors (Lipinski definition) is 3. The first-order chi connectivity index (χ1) is 8.16. The van der Waals surface area contributed by atoms with Crippen LogP contribution >= 0.6 is 11.3 Å². The maximum absolute atomic E-state index is 9.45. The predicted molar refractivity (Wildman–Crippen MR) is 73.5 cm³/mol. The largest absolute Gasteiger partial charge is 0.389 e. The summed E-state index contributed by atoms with van der Waals surface area (Å²) in [5.74, 6) is 0. The van der Waals surface area contributed by atoms with Gasteiger partial charge in [0.2, 0.25) is 0 Å². The Kier molecular flexibility index (Phi) is 3.82. The lowest BCUT2D eigenvalue weighted by molar-refractivity contribution is 0.199. The molecule has 0 aliphatic rings. The van der Waals surface area contributed by atoms with Crippen molar-refractivity contribution in [2.45, 2.75) is 19.6 Å². The van der Waals surface area contributed by atoms with Gasteiger partial charge in [0, 0.05) is 17.6 Å². The molecule has 1 N–H and O–H groups in total. The summed E-state index contributed by atoms with van der Waals surface area (Å²) in [4.78, 5) is 3.56. The first kappa shape index (κ1) is 12.1. The Labute approximate surface area is 106 Å². The maximum Gasteiger partial charge on any atom is 0.0761 e. The van der Waals surface area contributed by atoms with E-state index in [4.69, 9.17) is 0 Å². The van der Waals surface area contributed by atoms with Crippen LogP contribution in [0, 0.1) is 0 Å². The molecule has 0 saturated heterocycles. The molecule has 3 heteroatoms. The lowest BCUT2D eigenvalue weighted by Crippen LogP contribution is -2.15. The van der Waals surface area contributed by atoms with E-state index >= 15 is 0 Å². The minimum atomic E-state index is -0.397. The summed E-state index contributed by atoms with van der Waals surface area (Å²) >= 11 is 1.77. The molecule has 1 atom stereocenters. The molecule has 0 aliphatic heterocycles. The topological polar surface area (TPSA) is 23.5 Å².